The Morgan fingerprint density at radius 2 is 1.97 bits per heavy atom. The van der Waals surface area contributed by atoms with Crippen molar-refractivity contribution in [3.8, 4) is 0 Å². The summed E-state index contributed by atoms with van der Waals surface area (Å²) in [6, 6.07) is 13.2. The van der Waals surface area contributed by atoms with E-state index < -0.39 is 26.5 Å². The fourth-order valence-electron chi connectivity index (χ4n) is 2.78. The molecule has 2 atom stereocenters. The second-order valence-electron chi connectivity index (χ2n) is 6.38. The minimum Gasteiger partial charge on any atom is -0.331 e. The van der Waals surface area contributed by atoms with Gasteiger partial charge in [-0.1, -0.05) is 17.7 Å². The summed E-state index contributed by atoms with van der Waals surface area (Å²) in [5.41, 5.74) is 0.139. The van der Waals surface area contributed by atoms with E-state index in [0.29, 0.717) is 10.7 Å². The van der Waals surface area contributed by atoms with Crippen molar-refractivity contribution in [1.29, 1.82) is 0 Å². The average molecular weight is 486 g/mol. The van der Waals surface area contributed by atoms with E-state index in [4.69, 9.17) is 11.6 Å². The molecule has 0 spiro atoms. The molecule has 1 aliphatic rings. The van der Waals surface area contributed by atoms with Crippen LogP contribution in [0.15, 0.2) is 58.3 Å². The molecule has 0 aromatic heterocycles. The molecule has 0 aliphatic carbocycles. The average Bonchev–Trinajstić information content (AvgIpc) is 2.72. The Labute approximate surface area is 188 Å². The number of nitrogens with one attached hydrogen (secondary N) is 3. The Hall–Kier alpha value is -1.72. The van der Waals surface area contributed by atoms with Gasteiger partial charge in [-0.15, -0.1) is 23.5 Å². The lowest BCUT2D eigenvalue weighted by Crippen LogP contribution is -2.59. The van der Waals surface area contributed by atoms with Gasteiger partial charge in [-0.25, -0.2) is 8.42 Å². The Balaban J connectivity index is 1.53. The second-order valence-corrected chi connectivity index (χ2v) is 10.9. The molecule has 2 amide bonds. The normalized spacial score (nSPS) is 19.2. The molecule has 2 aromatic carbocycles. The Kier molecular flexibility index (Phi) is 7.70. The smallest absolute Gasteiger partial charge is 0.241 e. The number of halogens is 1. The van der Waals surface area contributed by atoms with E-state index >= 15 is 0 Å². The van der Waals surface area contributed by atoms with Crippen LogP contribution in [0, 0.1) is 0 Å². The summed E-state index contributed by atoms with van der Waals surface area (Å²) < 4.78 is 25.4. The Morgan fingerprint density at radius 3 is 2.63 bits per heavy atom. The number of carbonyl (C=O) groups is 2. The molecule has 30 heavy (non-hydrogen) atoms. The number of amides is 2. The van der Waals surface area contributed by atoms with Crippen molar-refractivity contribution >= 4 is 62.5 Å². The SMILES string of the molecule is CSc1cccc(NC(=O)CSC2NCC(S(=O)(=O)c3ccc(Cl)cc3)C(=O)N2)c1. The van der Waals surface area contributed by atoms with Crippen LogP contribution in [0.5, 0.6) is 0 Å². The molecule has 0 saturated carbocycles. The van der Waals surface area contributed by atoms with Crippen LogP contribution in [0.3, 0.4) is 0 Å². The standard InChI is InChI=1S/C19H20ClN3O4S3/c1-28-14-4-2-3-13(9-14)22-17(24)11-29-19-21-10-16(18(25)23-19)30(26,27)15-7-5-12(20)6-8-15/h2-9,16,19,21H,10-11H2,1H3,(H,22,24)(H,23,25). The molecule has 11 heteroatoms. The molecule has 7 nitrogen and oxygen atoms in total. The molecule has 0 bridgehead atoms. The van der Waals surface area contributed by atoms with Crippen LogP contribution in [0.4, 0.5) is 5.69 Å². The summed E-state index contributed by atoms with van der Waals surface area (Å²) in [6.45, 7) is -0.0498. The first-order chi connectivity index (χ1) is 14.3. The van der Waals surface area contributed by atoms with E-state index in [2.05, 4.69) is 16.0 Å². The van der Waals surface area contributed by atoms with E-state index in [1.807, 2.05) is 24.5 Å². The fourth-order valence-corrected chi connectivity index (χ4v) is 5.68. The third-order valence-corrected chi connectivity index (χ3v) is 8.39. The van der Waals surface area contributed by atoms with Crippen LogP contribution in [-0.4, -0.2) is 49.5 Å². The molecule has 3 rings (SSSR count). The molecular formula is C19H20ClN3O4S3. The number of rotatable bonds is 7. The van der Waals surface area contributed by atoms with Gasteiger partial charge in [0.25, 0.3) is 0 Å². The molecule has 2 unspecified atom stereocenters. The van der Waals surface area contributed by atoms with Crippen LogP contribution in [0.2, 0.25) is 5.02 Å². The van der Waals surface area contributed by atoms with Gasteiger partial charge in [-0.2, -0.15) is 0 Å². The van der Waals surface area contributed by atoms with Gasteiger partial charge >= 0.3 is 0 Å². The summed E-state index contributed by atoms with van der Waals surface area (Å²) in [6.07, 6.45) is 1.95. The van der Waals surface area contributed by atoms with Crippen molar-refractivity contribution in [2.24, 2.45) is 0 Å². The molecular weight excluding hydrogens is 466 g/mol. The third-order valence-electron chi connectivity index (χ3n) is 4.31. The van der Waals surface area contributed by atoms with E-state index in [0.717, 1.165) is 4.90 Å². The number of anilines is 1. The van der Waals surface area contributed by atoms with Crippen LogP contribution in [0.1, 0.15) is 0 Å². The highest BCUT2D eigenvalue weighted by Crippen LogP contribution is 2.22. The van der Waals surface area contributed by atoms with Crippen LogP contribution >= 0.6 is 35.1 Å². The first-order valence-electron chi connectivity index (χ1n) is 8.88. The predicted molar refractivity (Wildman–Crippen MR) is 122 cm³/mol. The fraction of sp³-hybridized carbons (Fsp3) is 0.263. The highest BCUT2D eigenvalue weighted by Gasteiger charge is 2.38. The number of benzene rings is 2. The van der Waals surface area contributed by atoms with Gasteiger partial charge in [0.05, 0.1) is 10.6 Å². The molecule has 0 radical (unpaired) electrons. The van der Waals surface area contributed by atoms with Crippen molar-refractivity contribution in [2.75, 3.05) is 23.9 Å². The van der Waals surface area contributed by atoms with Gasteiger partial charge < -0.3 is 10.6 Å². The summed E-state index contributed by atoms with van der Waals surface area (Å²) in [4.78, 5) is 25.7. The summed E-state index contributed by atoms with van der Waals surface area (Å²) >= 11 is 8.55. The lowest BCUT2D eigenvalue weighted by molar-refractivity contribution is -0.122. The molecule has 3 N–H and O–H groups in total. The minimum absolute atomic E-state index is 0.0341. The maximum Gasteiger partial charge on any atom is 0.241 e. The van der Waals surface area contributed by atoms with Crippen molar-refractivity contribution in [2.45, 2.75) is 20.5 Å². The van der Waals surface area contributed by atoms with Gasteiger partial charge in [-0.3, -0.25) is 14.9 Å². The quantitative estimate of drug-likeness (QED) is 0.518. The van der Waals surface area contributed by atoms with Crippen molar-refractivity contribution in [1.82, 2.24) is 10.6 Å². The zero-order chi connectivity index (χ0) is 21.7. The Bertz CT molecular complexity index is 1030. The van der Waals surface area contributed by atoms with Crippen LogP contribution in [0.25, 0.3) is 0 Å². The highest BCUT2D eigenvalue weighted by molar-refractivity contribution is 8.00. The molecule has 1 aliphatic heterocycles. The largest absolute Gasteiger partial charge is 0.331 e. The van der Waals surface area contributed by atoms with Gasteiger partial charge in [-0.05, 0) is 48.7 Å². The van der Waals surface area contributed by atoms with Crippen LogP contribution in [-0.2, 0) is 19.4 Å². The van der Waals surface area contributed by atoms with Gasteiger partial charge in [0.2, 0.25) is 11.8 Å². The van der Waals surface area contributed by atoms with Gasteiger partial charge in [0, 0.05) is 22.2 Å². The molecule has 1 saturated heterocycles. The number of carbonyl (C=O) groups excluding carboxylic acids is 2. The number of thioether (sulfide) groups is 2. The topological polar surface area (TPSA) is 104 Å². The van der Waals surface area contributed by atoms with Gasteiger partial charge in [0.1, 0.15) is 5.50 Å². The zero-order valence-electron chi connectivity index (χ0n) is 15.9. The van der Waals surface area contributed by atoms with Crippen molar-refractivity contribution in [3.05, 3.63) is 53.6 Å². The number of hydrogen-bond acceptors (Lipinski definition) is 7. The molecule has 1 heterocycles. The zero-order valence-corrected chi connectivity index (χ0v) is 19.1. The van der Waals surface area contributed by atoms with E-state index in [1.54, 1.807) is 17.8 Å². The predicted octanol–water partition coefficient (Wildman–Crippen LogP) is 2.58. The molecule has 2 aromatic rings. The Morgan fingerprint density at radius 1 is 1.23 bits per heavy atom. The monoisotopic (exact) mass is 485 g/mol. The summed E-state index contributed by atoms with van der Waals surface area (Å²) in [7, 11) is -3.85. The summed E-state index contributed by atoms with van der Waals surface area (Å²) in [5, 5.41) is 7.55. The first-order valence-corrected chi connectivity index (χ1v) is 13.1. The number of hydrogen-bond donors (Lipinski definition) is 3. The maximum atomic E-state index is 12.7. The van der Waals surface area contributed by atoms with Crippen molar-refractivity contribution in [3.63, 3.8) is 0 Å². The first kappa shape index (κ1) is 23.0. The van der Waals surface area contributed by atoms with Crippen LogP contribution < -0.4 is 16.0 Å². The third kappa shape index (κ3) is 5.70. The molecule has 1 fully saturated rings. The highest BCUT2D eigenvalue weighted by atomic mass is 35.5. The van der Waals surface area contributed by atoms with E-state index in [1.165, 1.54) is 36.0 Å². The van der Waals surface area contributed by atoms with E-state index in [9.17, 15) is 18.0 Å². The second kappa shape index (κ2) is 10.1. The minimum atomic E-state index is -3.85. The maximum absolute atomic E-state index is 12.7. The lowest BCUT2D eigenvalue weighted by Gasteiger charge is -2.29. The van der Waals surface area contributed by atoms with Crippen molar-refractivity contribution < 1.29 is 18.0 Å². The lowest BCUT2D eigenvalue weighted by atomic mass is 10.3. The van der Waals surface area contributed by atoms with E-state index in [-0.39, 0.29) is 23.1 Å². The van der Waals surface area contributed by atoms with Gasteiger partial charge in [0.15, 0.2) is 15.1 Å². The summed E-state index contributed by atoms with van der Waals surface area (Å²) in [5.74, 6) is -0.727. The number of sulfone groups is 1. The molecule has 160 valence electrons.